The maximum atomic E-state index is 3.82. The Kier molecular flexibility index (Phi) is 4.43. The van der Waals surface area contributed by atoms with Gasteiger partial charge >= 0.3 is 0 Å². The van der Waals surface area contributed by atoms with Gasteiger partial charge in [0.05, 0.1) is 0 Å². The highest BCUT2D eigenvalue weighted by Gasteiger charge is 2.19. The van der Waals surface area contributed by atoms with Crippen LogP contribution in [0.3, 0.4) is 0 Å². The summed E-state index contributed by atoms with van der Waals surface area (Å²) in [6.45, 7) is 13.7. The van der Waals surface area contributed by atoms with Crippen LogP contribution in [0.1, 0.15) is 34.1 Å². The minimum absolute atomic E-state index is 0.289. The Hall–Kier alpha value is -0.300. The Morgan fingerprint density at radius 2 is 2.00 bits per heavy atom. The second-order valence-corrected chi connectivity index (χ2v) is 4.03. The Morgan fingerprint density at radius 3 is 2.27 bits per heavy atom. The third-order valence-corrected chi connectivity index (χ3v) is 1.78. The lowest BCUT2D eigenvalue weighted by Gasteiger charge is -2.28. The molecule has 0 saturated carbocycles. The zero-order chi connectivity index (χ0) is 8.91. The predicted octanol–water partition coefficient (Wildman–Crippen LogP) is 2.59. The molecule has 0 saturated heterocycles. The first-order valence-electron chi connectivity index (χ1n) is 4.38. The quantitative estimate of drug-likeness (QED) is 0.615. The molecule has 1 heteroatoms. The largest absolute Gasteiger partial charge is 0.310 e. The van der Waals surface area contributed by atoms with Crippen molar-refractivity contribution in [1.82, 2.24) is 5.32 Å². The predicted molar refractivity (Wildman–Crippen MR) is 51.7 cm³/mol. The first kappa shape index (κ1) is 10.7. The molecule has 0 aliphatic carbocycles. The van der Waals surface area contributed by atoms with Crippen molar-refractivity contribution >= 4 is 0 Å². The maximum absolute atomic E-state index is 3.82. The van der Waals surface area contributed by atoms with E-state index in [4.69, 9.17) is 0 Å². The molecule has 11 heavy (non-hydrogen) atoms. The lowest BCUT2D eigenvalue weighted by molar-refractivity contribution is 0.314. The van der Waals surface area contributed by atoms with E-state index in [0.717, 1.165) is 6.54 Å². The minimum Gasteiger partial charge on any atom is -0.310 e. The lowest BCUT2D eigenvalue weighted by atomic mass is 9.87. The van der Waals surface area contributed by atoms with Gasteiger partial charge in [0, 0.05) is 6.04 Å². The average Bonchev–Trinajstić information content (AvgIpc) is 1.87. The van der Waals surface area contributed by atoms with Gasteiger partial charge < -0.3 is 5.32 Å². The summed E-state index contributed by atoms with van der Waals surface area (Å²) >= 11 is 0. The standard InChI is InChI=1S/C10H21N/c1-6-8-11-9(7-2)10(3,4)5/h7,9,11H,2,6,8H2,1,3-5H3/t9-/m1/s1. The molecule has 0 amide bonds. The van der Waals surface area contributed by atoms with Gasteiger partial charge in [-0.3, -0.25) is 0 Å². The van der Waals surface area contributed by atoms with Crippen molar-refractivity contribution in [3.8, 4) is 0 Å². The Balaban J connectivity index is 3.86. The zero-order valence-electron chi connectivity index (χ0n) is 8.28. The van der Waals surface area contributed by atoms with Gasteiger partial charge in [0.2, 0.25) is 0 Å². The van der Waals surface area contributed by atoms with E-state index in [-0.39, 0.29) is 5.41 Å². The summed E-state index contributed by atoms with van der Waals surface area (Å²) in [5.74, 6) is 0. The Labute approximate surface area is 70.9 Å². The van der Waals surface area contributed by atoms with Gasteiger partial charge in [-0.1, -0.05) is 33.8 Å². The van der Waals surface area contributed by atoms with Crippen LogP contribution in [0.15, 0.2) is 12.7 Å². The average molecular weight is 155 g/mol. The molecule has 0 unspecified atom stereocenters. The molecule has 0 aromatic heterocycles. The van der Waals surface area contributed by atoms with E-state index in [0.29, 0.717) is 6.04 Å². The summed E-state index contributed by atoms with van der Waals surface area (Å²) in [7, 11) is 0. The smallest absolute Gasteiger partial charge is 0.0296 e. The fourth-order valence-corrected chi connectivity index (χ4v) is 1.04. The van der Waals surface area contributed by atoms with Gasteiger partial charge in [-0.2, -0.15) is 0 Å². The van der Waals surface area contributed by atoms with Crippen LogP contribution in [0.4, 0.5) is 0 Å². The fourth-order valence-electron chi connectivity index (χ4n) is 1.04. The zero-order valence-corrected chi connectivity index (χ0v) is 8.28. The van der Waals surface area contributed by atoms with Crippen molar-refractivity contribution in [2.75, 3.05) is 6.54 Å². The van der Waals surface area contributed by atoms with Gasteiger partial charge in [0.25, 0.3) is 0 Å². The molecule has 0 aliphatic heterocycles. The molecule has 0 heterocycles. The van der Waals surface area contributed by atoms with Crippen LogP contribution in [0.25, 0.3) is 0 Å². The normalized spacial score (nSPS) is 14.5. The van der Waals surface area contributed by atoms with Crippen molar-refractivity contribution in [2.24, 2.45) is 5.41 Å². The highest BCUT2D eigenvalue weighted by molar-refractivity contribution is 4.93. The van der Waals surface area contributed by atoms with Crippen molar-refractivity contribution in [3.63, 3.8) is 0 Å². The molecule has 1 nitrogen and oxygen atoms in total. The molecule has 0 aromatic rings. The fraction of sp³-hybridized carbons (Fsp3) is 0.800. The monoisotopic (exact) mass is 155 g/mol. The summed E-state index contributed by atoms with van der Waals surface area (Å²) in [4.78, 5) is 0. The number of hydrogen-bond donors (Lipinski definition) is 1. The number of hydrogen-bond acceptors (Lipinski definition) is 1. The highest BCUT2D eigenvalue weighted by Crippen LogP contribution is 2.19. The van der Waals surface area contributed by atoms with Crippen LogP contribution in [-0.4, -0.2) is 12.6 Å². The van der Waals surface area contributed by atoms with Gasteiger partial charge in [0.15, 0.2) is 0 Å². The molecule has 0 fully saturated rings. The van der Waals surface area contributed by atoms with Gasteiger partial charge in [0.1, 0.15) is 0 Å². The third-order valence-electron chi connectivity index (χ3n) is 1.78. The molecule has 0 aromatic carbocycles. The summed E-state index contributed by atoms with van der Waals surface area (Å²) in [5.41, 5.74) is 0.289. The van der Waals surface area contributed by atoms with Gasteiger partial charge in [-0.15, -0.1) is 6.58 Å². The number of rotatable bonds is 4. The molecule has 0 rings (SSSR count). The molecular weight excluding hydrogens is 134 g/mol. The van der Waals surface area contributed by atoms with Crippen molar-refractivity contribution in [2.45, 2.75) is 40.2 Å². The van der Waals surface area contributed by atoms with Crippen LogP contribution >= 0.6 is 0 Å². The third kappa shape index (κ3) is 4.20. The molecule has 0 radical (unpaired) electrons. The highest BCUT2D eigenvalue weighted by atomic mass is 14.9. The van der Waals surface area contributed by atoms with Gasteiger partial charge in [-0.05, 0) is 18.4 Å². The van der Waals surface area contributed by atoms with Crippen molar-refractivity contribution < 1.29 is 0 Å². The molecule has 66 valence electrons. The summed E-state index contributed by atoms with van der Waals surface area (Å²) < 4.78 is 0. The van der Waals surface area contributed by atoms with Crippen molar-refractivity contribution in [1.29, 1.82) is 0 Å². The minimum atomic E-state index is 0.289. The van der Waals surface area contributed by atoms with Crippen LogP contribution in [0.2, 0.25) is 0 Å². The first-order chi connectivity index (χ1) is 5.02. The van der Waals surface area contributed by atoms with E-state index < -0.39 is 0 Å². The van der Waals surface area contributed by atoms with Gasteiger partial charge in [-0.25, -0.2) is 0 Å². The Bertz CT molecular complexity index is 111. The maximum Gasteiger partial charge on any atom is 0.0296 e. The molecule has 1 N–H and O–H groups in total. The first-order valence-corrected chi connectivity index (χ1v) is 4.38. The van der Waals surface area contributed by atoms with Crippen LogP contribution in [-0.2, 0) is 0 Å². The topological polar surface area (TPSA) is 12.0 Å². The van der Waals surface area contributed by atoms with E-state index in [1.54, 1.807) is 0 Å². The summed E-state index contributed by atoms with van der Waals surface area (Å²) in [6.07, 6.45) is 3.18. The second-order valence-electron chi connectivity index (χ2n) is 4.03. The number of nitrogens with one attached hydrogen (secondary N) is 1. The molecule has 1 atom stereocenters. The van der Waals surface area contributed by atoms with E-state index in [1.165, 1.54) is 6.42 Å². The van der Waals surface area contributed by atoms with Crippen LogP contribution < -0.4 is 5.32 Å². The van der Waals surface area contributed by atoms with E-state index in [2.05, 4.69) is 39.6 Å². The van der Waals surface area contributed by atoms with Crippen LogP contribution in [0.5, 0.6) is 0 Å². The summed E-state index contributed by atoms with van der Waals surface area (Å²) in [6, 6.07) is 0.433. The lowest BCUT2D eigenvalue weighted by Crippen LogP contribution is -2.38. The Morgan fingerprint density at radius 1 is 1.45 bits per heavy atom. The van der Waals surface area contributed by atoms with Crippen molar-refractivity contribution in [3.05, 3.63) is 12.7 Å². The van der Waals surface area contributed by atoms with E-state index in [1.807, 2.05) is 6.08 Å². The molecule has 0 spiro atoms. The van der Waals surface area contributed by atoms with E-state index in [9.17, 15) is 0 Å². The SMILES string of the molecule is C=C[C@@H](NCCC)C(C)(C)C. The molecule has 0 aliphatic rings. The second kappa shape index (κ2) is 4.55. The van der Waals surface area contributed by atoms with E-state index >= 15 is 0 Å². The molecule has 0 bridgehead atoms. The van der Waals surface area contributed by atoms with Crippen LogP contribution in [0, 0.1) is 5.41 Å². The summed E-state index contributed by atoms with van der Waals surface area (Å²) in [5, 5.41) is 3.44. The molecular formula is C10H21N.